The smallest absolute Gasteiger partial charge is 0.358 e. The Balaban J connectivity index is 1.79. The van der Waals surface area contributed by atoms with E-state index in [1.165, 1.54) is 16.9 Å². The second-order valence-electron chi connectivity index (χ2n) is 4.35. The summed E-state index contributed by atoms with van der Waals surface area (Å²) >= 11 is 0. The highest BCUT2D eigenvalue weighted by molar-refractivity contribution is 5.84. The lowest BCUT2D eigenvalue weighted by molar-refractivity contribution is 0.0690. The number of carboxylic acid groups (broad SMARTS) is 1. The molecule has 0 saturated carbocycles. The summed E-state index contributed by atoms with van der Waals surface area (Å²) in [5, 5.41) is 16.6. The second-order valence-corrected chi connectivity index (χ2v) is 4.35. The monoisotopic (exact) mass is 274 g/mol. The molecule has 7 heteroatoms. The minimum Gasteiger partial charge on any atom is -0.476 e. The van der Waals surface area contributed by atoms with Gasteiger partial charge in [0.1, 0.15) is 5.82 Å². The number of halogens is 1. The summed E-state index contributed by atoms with van der Waals surface area (Å²) in [6.07, 6.45) is 3.16. The molecule has 1 N–H and O–H groups in total. The number of aromatic carboxylic acids is 1. The quantitative estimate of drug-likeness (QED) is 0.787. The van der Waals surface area contributed by atoms with Gasteiger partial charge in [-0.3, -0.25) is 0 Å². The zero-order chi connectivity index (χ0) is 14.1. The summed E-state index contributed by atoms with van der Waals surface area (Å²) in [4.78, 5) is 10.7. The molecule has 0 atom stereocenters. The molecule has 3 aromatic rings. The van der Waals surface area contributed by atoms with Crippen LogP contribution in [0, 0.1) is 5.82 Å². The summed E-state index contributed by atoms with van der Waals surface area (Å²) in [7, 11) is 0. The SMILES string of the molecule is O=C(O)c1cn(CCn2ccc3c(F)cccc32)nn1. The molecule has 102 valence electrons. The number of aryl methyl sites for hydroxylation is 2. The van der Waals surface area contributed by atoms with E-state index in [4.69, 9.17) is 5.11 Å². The molecule has 6 nitrogen and oxygen atoms in total. The van der Waals surface area contributed by atoms with Gasteiger partial charge in [-0.05, 0) is 18.2 Å². The lowest BCUT2D eigenvalue weighted by atomic mass is 10.2. The van der Waals surface area contributed by atoms with Gasteiger partial charge in [-0.2, -0.15) is 0 Å². The summed E-state index contributed by atoms with van der Waals surface area (Å²) < 4.78 is 16.9. The first-order valence-corrected chi connectivity index (χ1v) is 6.02. The van der Waals surface area contributed by atoms with Crippen molar-refractivity contribution in [2.45, 2.75) is 13.1 Å². The van der Waals surface area contributed by atoms with Gasteiger partial charge >= 0.3 is 5.97 Å². The third-order valence-electron chi connectivity index (χ3n) is 3.09. The van der Waals surface area contributed by atoms with Crippen molar-refractivity contribution in [1.82, 2.24) is 19.6 Å². The van der Waals surface area contributed by atoms with Gasteiger partial charge in [0.15, 0.2) is 5.69 Å². The first kappa shape index (κ1) is 12.3. The van der Waals surface area contributed by atoms with Crippen LogP contribution in [0.1, 0.15) is 10.5 Å². The number of aromatic nitrogens is 4. The number of hydrogen-bond acceptors (Lipinski definition) is 3. The van der Waals surface area contributed by atoms with E-state index in [2.05, 4.69) is 10.3 Å². The third kappa shape index (κ3) is 2.13. The van der Waals surface area contributed by atoms with Crippen molar-refractivity contribution in [2.24, 2.45) is 0 Å². The predicted molar refractivity (Wildman–Crippen MR) is 68.9 cm³/mol. The standard InChI is InChI=1S/C13H11FN4O2/c14-10-2-1-3-12-9(10)4-5-17(12)6-7-18-8-11(13(19)20)15-16-18/h1-5,8H,6-7H2,(H,19,20). The van der Waals surface area contributed by atoms with E-state index in [0.717, 1.165) is 5.52 Å². The van der Waals surface area contributed by atoms with Crippen LogP contribution in [0.3, 0.4) is 0 Å². The van der Waals surface area contributed by atoms with Crippen molar-refractivity contribution in [3.63, 3.8) is 0 Å². The lowest BCUT2D eigenvalue weighted by Gasteiger charge is -2.05. The first-order valence-electron chi connectivity index (χ1n) is 6.02. The molecular weight excluding hydrogens is 263 g/mol. The Bertz CT molecular complexity index is 778. The second kappa shape index (κ2) is 4.76. The number of fused-ring (bicyclic) bond motifs is 1. The van der Waals surface area contributed by atoms with Gasteiger partial charge in [0.05, 0.1) is 18.3 Å². The molecule has 20 heavy (non-hydrogen) atoms. The molecule has 0 bridgehead atoms. The van der Waals surface area contributed by atoms with Crippen LogP contribution < -0.4 is 0 Å². The predicted octanol–water partition coefficient (Wildman–Crippen LogP) is 1.77. The Labute approximate surface area is 113 Å². The third-order valence-corrected chi connectivity index (χ3v) is 3.09. The molecule has 0 aliphatic carbocycles. The molecule has 0 radical (unpaired) electrons. The Hall–Kier alpha value is -2.70. The summed E-state index contributed by atoms with van der Waals surface area (Å²) in [6, 6.07) is 6.63. The Kier molecular flexibility index (Phi) is 2.94. The molecule has 0 saturated heterocycles. The van der Waals surface area contributed by atoms with Gasteiger partial charge in [0.25, 0.3) is 0 Å². The van der Waals surface area contributed by atoms with Crippen LogP contribution in [0.5, 0.6) is 0 Å². The van der Waals surface area contributed by atoms with E-state index in [-0.39, 0.29) is 11.5 Å². The first-order chi connectivity index (χ1) is 9.65. The number of hydrogen-bond donors (Lipinski definition) is 1. The molecule has 3 rings (SSSR count). The molecular formula is C13H11FN4O2. The highest BCUT2D eigenvalue weighted by Gasteiger charge is 2.09. The fourth-order valence-electron chi connectivity index (χ4n) is 2.10. The molecule has 2 heterocycles. The highest BCUT2D eigenvalue weighted by Crippen LogP contribution is 2.18. The Morgan fingerprint density at radius 3 is 2.90 bits per heavy atom. The molecule has 0 unspecified atom stereocenters. The van der Waals surface area contributed by atoms with Crippen molar-refractivity contribution in [1.29, 1.82) is 0 Å². The van der Waals surface area contributed by atoms with E-state index in [1.54, 1.807) is 18.3 Å². The van der Waals surface area contributed by atoms with Gasteiger partial charge < -0.3 is 9.67 Å². The summed E-state index contributed by atoms with van der Waals surface area (Å²) in [6.45, 7) is 1.01. The van der Waals surface area contributed by atoms with Crippen molar-refractivity contribution in [3.05, 3.63) is 48.2 Å². The van der Waals surface area contributed by atoms with Gasteiger partial charge in [0.2, 0.25) is 0 Å². The maximum atomic E-state index is 13.5. The fraction of sp³-hybridized carbons (Fsp3) is 0.154. The zero-order valence-electron chi connectivity index (χ0n) is 10.4. The van der Waals surface area contributed by atoms with Crippen molar-refractivity contribution in [3.8, 4) is 0 Å². The van der Waals surface area contributed by atoms with E-state index in [0.29, 0.717) is 18.5 Å². The number of rotatable bonds is 4. The molecule has 0 fully saturated rings. The lowest BCUT2D eigenvalue weighted by Crippen LogP contribution is -2.07. The topological polar surface area (TPSA) is 72.9 Å². The molecule has 2 aromatic heterocycles. The van der Waals surface area contributed by atoms with Crippen LogP contribution in [0.25, 0.3) is 10.9 Å². The van der Waals surface area contributed by atoms with Crippen LogP contribution in [0.15, 0.2) is 36.7 Å². The zero-order valence-corrected chi connectivity index (χ0v) is 10.4. The summed E-state index contributed by atoms with van der Waals surface area (Å²) in [5.74, 6) is -1.36. The molecule has 0 aliphatic heterocycles. The van der Waals surface area contributed by atoms with Gasteiger partial charge in [-0.25, -0.2) is 13.9 Å². The minimum absolute atomic E-state index is 0.0894. The molecule has 0 amide bonds. The average molecular weight is 274 g/mol. The molecule has 0 spiro atoms. The van der Waals surface area contributed by atoms with Crippen molar-refractivity contribution in [2.75, 3.05) is 0 Å². The normalized spacial score (nSPS) is 11.1. The maximum absolute atomic E-state index is 13.5. The number of carbonyl (C=O) groups is 1. The van der Waals surface area contributed by atoms with E-state index in [9.17, 15) is 9.18 Å². The number of carboxylic acids is 1. The highest BCUT2D eigenvalue weighted by atomic mass is 19.1. The van der Waals surface area contributed by atoms with E-state index >= 15 is 0 Å². The van der Waals surface area contributed by atoms with Crippen LogP contribution in [0.2, 0.25) is 0 Å². The van der Waals surface area contributed by atoms with E-state index < -0.39 is 5.97 Å². The van der Waals surface area contributed by atoms with Crippen LogP contribution in [-0.4, -0.2) is 30.6 Å². The van der Waals surface area contributed by atoms with Crippen LogP contribution in [-0.2, 0) is 13.1 Å². The van der Waals surface area contributed by atoms with Gasteiger partial charge in [-0.15, -0.1) is 5.10 Å². The van der Waals surface area contributed by atoms with Crippen LogP contribution >= 0.6 is 0 Å². The fourth-order valence-corrected chi connectivity index (χ4v) is 2.10. The number of benzene rings is 1. The molecule has 1 aromatic carbocycles. The average Bonchev–Trinajstić information content (AvgIpc) is 3.03. The van der Waals surface area contributed by atoms with Crippen molar-refractivity contribution < 1.29 is 14.3 Å². The van der Waals surface area contributed by atoms with Gasteiger partial charge in [-0.1, -0.05) is 11.3 Å². The van der Waals surface area contributed by atoms with Crippen molar-refractivity contribution >= 4 is 16.9 Å². The van der Waals surface area contributed by atoms with Crippen LogP contribution in [0.4, 0.5) is 4.39 Å². The van der Waals surface area contributed by atoms with Gasteiger partial charge in [0, 0.05) is 18.1 Å². The Morgan fingerprint density at radius 1 is 1.30 bits per heavy atom. The number of nitrogens with zero attached hydrogens (tertiary/aromatic N) is 4. The molecule has 0 aliphatic rings. The maximum Gasteiger partial charge on any atom is 0.358 e. The summed E-state index contributed by atoms with van der Waals surface area (Å²) in [5.41, 5.74) is 0.706. The minimum atomic E-state index is -1.11. The Morgan fingerprint density at radius 2 is 2.15 bits per heavy atom. The largest absolute Gasteiger partial charge is 0.476 e. The van der Waals surface area contributed by atoms with E-state index in [1.807, 2.05) is 10.6 Å².